The molecule has 5 heteroatoms. The second-order valence-corrected chi connectivity index (χ2v) is 8.71. The van der Waals surface area contributed by atoms with E-state index in [2.05, 4.69) is 17.1 Å². The van der Waals surface area contributed by atoms with Crippen LogP contribution in [0.4, 0.5) is 0 Å². The van der Waals surface area contributed by atoms with Crippen LogP contribution in [0.15, 0.2) is 41.5 Å². The number of carbonyl (C=O) groups excluding carboxylic acids is 1. The van der Waals surface area contributed by atoms with E-state index in [4.69, 9.17) is 0 Å². The fourth-order valence-electron chi connectivity index (χ4n) is 5.53. The van der Waals surface area contributed by atoms with Crippen LogP contribution in [-0.4, -0.2) is 33.4 Å². The number of carbonyl (C=O) groups is 1. The predicted octanol–water partition coefficient (Wildman–Crippen LogP) is 3.55. The molecule has 146 valence electrons. The van der Waals surface area contributed by atoms with Crippen molar-refractivity contribution >= 4 is 5.91 Å². The molecular weight excluding hydrogens is 350 g/mol. The normalized spacial score (nSPS) is 24.6. The molecule has 2 fully saturated rings. The lowest BCUT2D eigenvalue weighted by atomic mass is 9.81. The van der Waals surface area contributed by atoms with E-state index in [9.17, 15) is 9.59 Å². The van der Waals surface area contributed by atoms with Crippen LogP contribution in [-0.2, 0) is 6.54 Å². The van der Waals surface area contributed by atoms with E-state index >= 15 is 0 Å². The molecule has 4 heterocycles. The zero-order valence-electron chi connectivity index (χ0n) is 16.2. The highest BCUT2D eigenvalue weighted by Crippen LogP contribution is 2.37. The van der Waals surface area contributed by atoms with Crippen molar-refractivity contribution < 1.29 is 4.79 Å². The highest BCUT2D eigenvalue weighted by Gasteiger charge is 2.37. The first-order chi connectivity index (χ1) is 13.7. The first-order valence-electron chi connectivity index (χ1n) is 10.6. The third-order valence-corrected chi connectivity index (χ3v) is 6.89. The van der Waals surface area contributed by atoms with Gasteiger partial charge < -0.3 is 9.47 Å². The number of hydrogen-bond acceptors (Lipinski definition) is 3. The first kappa shape index (κ1) is 17.7. The summed E-state index contributed by atoms with van der Waals surface area (Å²) in [5.41, 5.74) is 3.06. The predicted molar refractivity (Wildman–Crippen MR) is 108 cm³/mol. The number of aromatic nitrogens is 2. The molecule has 28 heavy (non-hydrogen) atoms. The summed E-state index contributed by atoms with van der Waals surface area (Å²) in [4.78, 5) is 32.1. The van der Waals surface area contributed by atoms with Gasteiger partial charge in [0.15, 0.2) is 0 Å². The molecule has 1 saturated heterocycles. The molecule has 2 aromatic heterocycles. The molecule has 0 aromatic carbocycles. The Bertz CT molecular complexity index is 931. The van der Waals surface area contributed by atoms with Gasteiger partial charge in [0.05, 0.1) is 0 Å². The van der Waals surface area contributed by atoms with Gasteiger partial charge in [-0.15, -0.1) is 0 Å². The minimum atomic E-state index is 0.0757. The number of hydrogen-bond donors (Lipinski definition) is 0. The van der Waals surface area contributed by atoms with Gasteiger partial charge in [0, 0.05) is 54.8 Å². The maximum Gasteiger partial charge on any atom is 0.254 e. The quantitative estimate of drug-likeness (QED) is 0.804. The molecule has 0 radical (unpaired) electrons. The van der Waals surface area contributed by atoms with Crippen molar-refractivity contribution in [3.05, 3.63) is 63.8 Å². The maximum absolute atomic E-state index is 13.3. The summed E-state index contributed by atoms with van der Waals surface area (Å²) in [7, 11) is 0. The number of piperidine rings is 1. The van der Waals surface area contributed by atoms with Gasteiger partial charge >= 0.3 is 0 Å². The summed E-state index contributed by atoms with van der Waals surface area (Å²) in [6.45, 7) is 2.17. The molecule has 0 N–H and O–H groups in total. The minimum Gasteiger partial charge on any atom is -0.338 e. The third kappa shape index (κ3) is 3.07. The van der Waals surface area contributed by atoms with Crippen LogP contribution in [0.1, 0.15) is 72.0 Å². The fourth-order valence-corrected chi connectivity index (χ4v) is 5.53. The summed E-state index contributed by atoms with van der Waals surface area (Å²) >= 11 is 0. The number of fused-ring (bicyclic) bond motifs is 4. The molecule has 0 spiro atoms. The topological polar surface area (TPSA) is 55.2 Å². The van der Waals surface area contributed by atoms with Crippen molar-refractivity contribution in [3.63, 3.8) is 0 Å². The molecule has 1 aliphatic carbocycles. The van der Waals surface area contributed by atoms with E-state index in [0.717, 1.165) is 43.6 Å². The summed E-state index contributed by atoms with van der Waals surface area (Å²) in [6, 6.07) is 7.82. The number of nitrogens with zero attached hydrogens (tertiary/aromatic N) is 3. The highest BCUT2D eigenvalue weighted by atomic mass is 16.2. The Balaban J connectivity index is 1.42. The second-order valence-electron chi connectivity index (χ2n) is 8.71. The van der Waals surface area contributed by atoms with Gasteiger partial charge in [0.1, 0.15) is 0 Å². The minimum absolute atomic E-state index is 0.0757. The average Bonchev–Trinajstić information content (AvgIpc) is 2.75. The zero-order chi connectivity index (χ0) is 19.1. The van der Waals surface area contributed by atoms with Crippen molar-refractivity contribution in [2.24, 2.45) is 5.92 Å². The lowest BCUT2D eigenvalue weighted by Gasteiger charge is -2.43. The summed E-state index contributed by atoms with van der Waals surface area (Å²) < 4.78 is 2.04. The molecule has 3 aliphatic rings. The molecule has 5 rings (SSSR count). The first-order valence-corrected chi connectivity index (χ1v) is 10.6. The van der Waals surface area contributed by atoms with Crippen LogP contribution in [0.2, 0.25) is 0 Å². The van der Waals surface area contributed by atoms with Crippen molar-refractivity contribution in [2.45, 2.75) is 56.9 Å². The highest BCUT2D eigenvalue weighted by molar-refractivity contribution is 5.94. The Morgan fingerprint density at radius 1 is 0.929 bits per heavy atom. The smallest absolute Gasteiger partial charge is 0.254 e. The van der Waals surface area contributed by atoms with Gasteiger partial charge in [0.2, 0.25) is 0 Å². The van der Waals surface area contributed by atoms with Crippen LogP contribution < -0.4 is 5.56 Å². The fraction of sp³-hybridized carbons (Fsp3) is 0.522. The number of likely N-dealkylation sites (tertiary alicyclic amines) is 1. The maximum atomic E-state index is 13.3. The van der Waals surface area contributed by atoms with Crippen molar-refractivity contribution in [3.8, 4) is 0 Å². The largest absolute Gasteiger partial charge is 0.338 e. The Labute approximate surface area is 165 Å². The van der Waals surface area contributed by atoms with Gasteiger partial charge in [-0.2, -0.15) is 0 Å². The van der Waals surface area contributed by atoms with Crippen LogP contribution in [0.3, 0.4) is 0 Å². The third-order valence-electron chi connectivity index (χ3n) is 6.89. The number of pyridine rings is 2. The van der Waals surface area contributed by atoms with E-state index in [-0.39, 0.29) is 17.4 Å². The molecule has 2 aromatic rings. The molecule has 5 nitrogen and oxygen atoms in total. The standard InChI is InChI=1S/C23H27N3O2/c27-22(18-8-10-24-11-9-18)25-13-16-12-19(15-25)21-7-6-20(23(28)26(21)14-16)17-4-2-1-3-5-17/h6-11,16-17,19H,1-5,12-15H2. The Morgan fingerprint density at radius 2 is 1.71 bits per heavy atom. The summed E-state index contributed by atoms with van der Waals surface area (Å²) in [6.07, 6.45) is 10.5. The number of amides is 1. The van der Waals surface area contributed by atoms with Gasteiger partial charge in [-0.1, -0.05) is 25.3 Å². The van der Waals surface area contributed by atoms with Crippen LogP contribution in [0, 0.1) is 5.92 Å². The van der Waals surface area contributed by atoms with E-state index in [1.807, 2.05) is 9.47 Å². The van der Waals surface area contributed by atoms with Crippen LogP contribution in [0.5, 0.6) is 0 Å². The van der Waals surface area contributed by atoms with Crippen molar-refractivity contribution in [1.29, 1.82) is 0 Å². The average molecular weight is 377 g/mol. The molecule has 2 unspecified atom stereocenters. The molecule has 1 saturated carbocycles. The number of rotatable bonds is 2. The zero-order valence-corrected chi connectivity index (χ0v) is 16.2. The Morgan fingerprint density at radius 3 is 2.50 bits per heavy atom. The van der Waals surface area contributed by atoms with Gasteiger partial charge in [0.25, 0.3) is 11.5 Å². The molecular formula is C23H27N3O2. The molecule has 1 amide bonds. The summed E-state index contributed by atoms with van der Waals surface area (Å²) in [5.74, 6) is 1.13. The van der Waals surface area contributed by atoms with E-state index in [0.29, 0.717) is 23.9 Å². The SMILES string of the molecule is O=C(c1ccncc1)N1CC2CC(C1)c1ccc(C3CCCCC3)c(=O)n1C2. The van der Waals surface area contributed by atoms with Crippen LogP contribution in [0.25, 0.3) is 0 Å². The molecule has 2 atom stereocenters. The van der Waals surface area contributed by atoms with E-state index in [1.165, 1.54) is 19.3 Å². The Kier molecular flexibility index (Phi) is 4.53. The lowest BCUT2D eigenvalue weighted by molar-refractivity contribution is 0.0594. The van der Waals surface area contributed by atoms with E-state index < -0.39 is 0 Å². The van der Waals surface area contributed by atoms with Crippen molar-refractivity contribution in [2.75, 3.05) is 13.1 Å². The lowest BCUT2D eigenvalue weighted by Crippen LogP contribution is -2.49. The Hall–Kier alpha value is -2.43. The van der Waals surface area contributed by atoms with Gasteiger partial charge in [-0.25, -0.2) is 0 Å². The van der Waals surface area contributed by atoms with Crippen LogP contribution >= 0.6 is 0 Å². The van der Waals surface area contributed by atoms with Gasteiger partial charge in [-0.3, -0.25) is 14.6 Å². The molecule has 2 bridgehead atoms. The monoisotopic (exact) mass is 377 g/mol. The van der Waals surface area contributed by atoms with Gasteiger partial charge in [-0.05, 0) is 49.3 Å². The summed E-state index contributed by atoms with van der Waals surface area (Å²) in [5, 5.41) is 0. The van der Waals surface area contributed by atoms with E-state index in [1.54, 1.807) is 24.5 Å². The molecule has 2 aliphatic heterocycles. The van der Waals surface area contributed by atoms with Crippen molar-refractivity contribution in [1.82, 2.24) is 14.5 Å². The second kappa shape index (κ2) is 7.19.